The molecule has 2 N–H and O–H groups in total. The van der Waals surface area contributed by atoms with E-state index in [1.807, 2.05) is 50.4 Å². The Morgan fingerprint density at radius 1 is 1.42 bits per heavy atom. The molecule has 0 spiro atoms. The number of aryl methyl sites for hydroxylation is 2. The first-order valence-electron chi connectivity index (χ1n) is 8.31. The van der Waals surface area contributed by atoms with Gasteiger partial charge in [-0.15, -0.1) is 0 Å². The van der Waals surface area contributed by atoms with Crippen LogP contribution in [0.4, 0.5) is 10.6 Å². The molecule has 1 aromatic heterocycles. The van der Waals surface area contributed by atoms with E-state index in [-0.39, 0.29) is 18.7 Å². The Balaban J connectivity index is 1.78. The second kappa shape index (κ2) is 7.05. The van der Waals surface area contributed by atoms with Gasteiger partial charge in [-0.3, -0.25) is 10.00 Å². The number of amides is 2. The standard InChI is InChI=1S/C18H24N4O2/c1-13-10-17(20-21(13)2)19-18(24)22(16(12-23)15-8-9-15)11-14-6-4-3-5-7-14/h3-7,10,15-16,23H,8-9,11-12H2,1-2H3,(H,19,20,24). The molecule has 0 bridgehead atoms. The monoisotopic (exact) mass is 328 g/mol. The number of carbonyl (C=O) groups is 1. The van der Waals surface area contributed by atoms with Crippen molar-refractivity contribution in [2.24, 2.45) is 13.0 Å². The number of anilines is 1. The molecular formula is C18H24N4O2. The minimum absolute atomic E-state index is 0.0217. The molecule has 0 aliphatic heterocycles. The molecule has 2 aromatic rings. The lowest BCUT2D eigenvalue weighted by molar-refractivity contribution is 0.124. The number of hydrogen-bond acceptors (Lipinski definition) is 3. The van der Waals surface area contributed by atoms with Crippen LogP contribution < -0.4 is 5.32 Å². The molecule has 1 aliphatic rings. The molecule has 1 unspecified atom stereocenters. The summed E-state index contributed by atoms with van der Waals surface area (Å²) >= 11 is 0. The van der Waals surface area contributed by atoms with Crippen LogP contribution >= 0.6 is 0 Å². The average molecular weight is 328 g/mol. The first-order chi connectivity index (χ1) is 11.6. The fraction of sp³-hybridized carbons (Fsp3) is 0.444. The topological polar surface area (TPSA) is 70.4 Å². The number of carbonyl (C=O) groups excluding carboxylic acids is 1. The SMILES string of the molecule is Cc1cc(NC(=O)N(Cc2ccccc2)C(CO)C2CC2)nn1C. The first kappa shape index (κ1) is 16.5. The number of rotatable bonds is 6. The van der Waals surface area contributed by atoms with E-state index in [2.05, 4.69) is 10.4 Å². The van der Waals surface area contributed by atoms with Crippen LogP contribution in [0.3, 0.4) is 0 Å². The van der Waals surface area contributed by atoms with Crippen LogP contribution in [0.1, 0.15) is 24.1 Å². The third-order valence-electron chi connectivity index (χ3n) is 4.56. The summed E-state index contributed by atoms with van der Waals surface area (Å²) in [5.74, 6) is 0.917. The lowest BCUT2D eigenvalue weighted by Crippen LogP contribution is -2.45. The Bertz CT molecular complexity index is 675. The van der Waals surface area contributed by atoms with E-state index in [9.17, 15) is 9.90 Å². The van der Waals surface area contributed by atoms with Gasteiger partial charge in [-0.2, -0.15) is 5.10 Å². The predicted octanol–water partition coefficient (Wildman–Crippen LogP) is 2.53. The zero-order valence-electron chi connectivity index (χ0n) is 14.1. The zero-order valence-corrected chi connectivity index (χ0v) is 14.1. The van der Waals surface area contributed by atoms with Crippen LogP contribution in [0.5, 0.6) is 0 Å². The quantitative estimate of drug-likeness (QED) is 0.856. The van der Waals surface area contributed by atoms with Crippen LogP contribution in [0.15, 0.2) is 36.4 Å². The Labute approximate surface area is 142 Å². The predicted molar refractivity (Wildman–Crippen MR) is 92.5 cm³/mol. The summed E-state index contributed by atoms with van der Waals surface area (Å²) in [5, 5.41) is 17.0. The van der Waals surface area contributed by atoms with Gasteiger partial charge in [0, 0.05) is 25.4 Å². The minimum atomic E-state index is -0.220. The summed E-state index contributed by atoms with van der Waals surface area (Å²) in [6.45, 7) is 2.39. The van der Waals surface area contributed by atoms with E-state index in [0.717, 1.165) is 24.1 Å². The van der Waals surface area contributed by atoms with Gasteiger partial charge in [0.2, 0.25) is 0 Å². The molecule has 1 heterocycles. The van der Waals surface area contributed by atoms with E-state index in [1.165, 1.54) is 0 Å². The molecule has 1 fully saturated rings. The molecule has 0 radical (unpaired) electrons. The highest BCUT2D eigenvalue weighted by atomic mass is 16.3. The number of aliphatic hydroxyl groups is 1. The third-order valence-corrected chi connectivity index (χ3v) is 4.56. The molecule has 1 aliphatic carbocycles. The molecule has 1 saturated carbocycles. The van der Waals surface area contributed by atoms with Crippen LogP contribution in [0.2, 0.25) is 0 Å². The maximum atomic E-state index is 12.8. The maximum Gasteiger partial charge on any atom is 0.323 e. The average Bonchev–Trinajstić information content (AvgIpc) is 3.35. The molecule has 24 heavy (non-hydrogen) atoms. The van der Waals surface area contributed by atoms with Gasteiger partial charge in [-0.05, 0) is 31.2 Å². The smallest absolute Gasteiger partial charge is 0.323 e. The van der Waals surface area contributed by atoms with Gasteiger partial charge < -0.3 is 10.0 Å². The summed E-state index contributed by atoms with van der Waals surface area (Å²) in [6.07, 6.45) is 2.12. The van der Waals surface area contributed by atoms with Crippen molar-refractivity contribution in [2.75, 3.05) is 11.9 Å². The highest BCUT2D eigenvalue weighted by Gasteiger charge is 2.37. The summed E-state index contributed by atoms with van der Waals surface area (Å²) in [5.41, 5.74) is 2.02. The molecule has 3 rings (SSSR count). The Kier molecular flexibility index (Phi) is 4.85. The summed E-state index contributed by atoms with van der Waals surface area (Å²) in [4.78, 5) is 14.6. The van der Waals surface area contributed by atoms with Gasteiger partial charge in [0.25, 0.3) is 0 Å². The van der Waals surface area contributed by atoms with Gasteiger partial charge in [0.15, 0.2) is 5.82 Å². The zero-order chi connectivity index (χ0) is 17.1. The highest BCUT2D eigenvalue weighted by molar-refractivity contribution is 5.88. The summed E-state index contributed by atoms with van der Waals surface area (Å²) in [7, 11) is 1.84. The number of benzene rings is 1. The van der Waals surface area contributed by atoms with Crippen LogP contribution in [-0.4, -0.2) is 38.5 Å². The van der Waals surface area contributed by atoms with Crippen molar-refractivity contribution in [3.63, 3.8) is 0 Å². The fourth-order valence-electron chi connectivity index (χ4n) is 2.91. The number of aliphatic hydroxyl groups excluding tert-OH is 1. The maximum absolute atomic E-state index is 12.8. The second-order valence-corrected chi connectivity index (χ2v) is 6.43. The number of aromatic nitrogens is 2. The van der Waals surface area contributed by atoms with Gasteiger partial charge in [0.1, 0.15) is 0 Å². The van der Waals surface area contributed by atoms with Crippen LogP contribution in [-0.2, 0) is 13.6 Å². The molecule has 6 heteroatoms. The van der Waals surface area contributed by atoms with Crippen molar-refractivity contribution in [1.82, 2.24) is 14.7 Å². The Hall–Kier alpha value is -2.34. The first-order valence-corrected chi connectivity index (χ1v) is 8.31. The van der Waals surface area contributed by atoms with Crippen molar-refractivity contribution in [1.29, 1.82) is 0 Å². The molecule has 2 amide bonds. The van der Waals surface area contributed by atoms with Gasteiger partial charge >= 0.3 is 6.03 Å². The fourth-order valence-corrected chi connectivity index (χ4v) is 2.91. The molecule has 6 nitrogen and oxygen atoms in total. The molecule has 1 atom stereocenters. The lowest BCUT2D eigenvalue weighted by Gasteiger charge is -2.30. The van der Waals surface area contributed by atoms with Gasteiger partial charge in [-0.1, -0.05) is 30.3 Å². The van der Waals surface area contributed by atoms with Crippen LogP contribution in [0.25, 0.3) is 0 Å². The molecule has 128 valence electrons. The van der Waals surface area contributed by atoms with Crippen molar-refractivity contribution < 1.29 is 9.90 Å². The number of nitrogens with zero attached hydrogens (tertiary/aromatic N) is 3. The number of nitrogens with one attached hydrogen (secondary N) is 1. The van der Waals surface area contributed by atoms with E-state index in [4.69, 9.17) is 0 Å². The number of hydrogen-bond donors (Lipinski definition) is 2. The number of urea groups is 1. The molecular weight excluding hydrogens is 304 g/mol. The van der Waals surface area contributed by atoms with Gasteiger partial charge in [-0.25, -0.2) is 4.79 Å². The van der Waals surface area contributed by atoms with Crippen molar-refractivity contribution in [3.8, 4) is 0 Å². The third kappa shape index (κ3) is 3.76. The molecule has 1 aromatic carbocycles. The van der Waals surface area contributed by atoms with Gasteiger partial charge in [0.05, 0.1) is 12.6 Å². The van der Waals surface area contributed by atoms with Crippen molar-refractivity contribution in [2.45, 2.75) is 32.4 Å². The Morgan fingerprint density at radius 3 is 2.67 bits per heavy atom. The van der Waals surface area contributed by atoms with Crippen molar-refractivity contribution in [3.05, 3.63) is 47.7 Å². The van der Waals surface area contributed by atoms with E-state index >= 15 is 0 Å². The largest absolute Gasteiger partial charge is 0.394 e. The molecule has 0 saturated heterocycles. The summed E-state index contributed by atoms with van der Waals surface area (Å²) < 4.78 is 1.72. The minimum Gasteiger partial charge on any atom is -0.394 e. The van der Waals surface area contributed by atoms with Crippen LogP contribution in [0, 0.1) is 12.8 Å². The lowest BCUT2D eigenvalue weighted by atomic mass is 10.1. The Morgan fingerprint density at radius 2 is 2.12 bits per heavy atom. The van der Waals surface area contributed by atoms with E-state index < -0.39 is 0 Å². The normalized spacial score (nSPS) is 15.1. The second-order valence-electron chi connectivity index (χ2n) is 6.43. The van der Waals surface area contributed by atoms with E-state index in [1.54, 1.807) is 9.58 Å². The highest BCUT2D eigenvalue weighted by Crippen LogP contribution is 2.36. The van der Waals surface area contributed by atoms with Crippen molar-refractivity contribution >= 4 is 11.8 Å². The van der Waals surface area contributed by atoms with E-state index in [0.29, 0.717) is 18.3 Å². The summed E-state index contributed by atoms with van der Waals surface area (Å²) in [6, 6.07) is 11.3.